The van der Waals surface area contributed by atoms with Crippen LogP contribution in [0.15, 0.2) is 55.0 Å². The molecule has 1 aromatic carbocycles. The zero-order chi connectivity index (χ0) is 21.2. The standard InChI is InChI=1S/C23H26N6O2/c30-20-5-1-4-18(10-20)22-15-29(27-26-22)13-19-9-17-6-8-28(19)14-21(17)23(31)25-12-16-3-2-7-24-11-16/h1-5,7,10-11,15,17,19,21,30H,6,8-9,12-14H2,(H,25,31)/t17-,19-,21+/m1/s1. The number of carbonyl (C=O) groups excluding carboxylic acids is 1. The summed E-state index contributed by atoms with van der Waals surface area (Å²) in [5.74, 6) is 0.803. The molecule has 8 heteroatoms. The Hall–Kier alpha value is -3.26. The first-order chi connectivity index (χ1) is 15.2. The lowest BCUT2D eigenvalue weighted by Crippen LogP contribution is -2.58. The fourth-order valence-electron chi connectivity index (χ4n) is 4.85. The van der Waals surface area contributed by atoms with Crippen LogP contribution in [0.4, 0.5) is 0 Å². The number of nitrogens with zero attached hydrogens (tertiary/aromatic N) is 5. The first kappa shape index (κ1) is 19.7. The quantitative estimate of drug-likeness (QED) is 0.636. The third kappa shape index (κ3) is 4.29. The Balaban J connectivity index is 1.19. The van der Waals surface area contributed by atoms with Crippen molar-refractivity contribution < 1.29 is 9.90 Å². The zero-order valence-corrected chi connectivity index (χ0v) is 17.3. The van der Waals surface area contributed by atoms with Crippen molar-refractivity contribution in [3.8, 4) is 17.0 Å². The summed E-state index contributed by atoms with van der Waals surface area (Å²) in [6.45, 7) is 3.10. The van der Waals surface area contributed by atoms with Gasteiger partial charge in [-0.3, -0.25) is 19.4 Å². The summed E-state index contributed by atoms with van der Waals surface area (Å²) in [4.78, 5) is 19.3. The third-order valence-corrected chi connectivity index (χ3v) is 6.48. The molecule has 0 saturated carbocycles. The molecule has 2 bridgehead atoms. The third-order valence-electron chi connectivity index (χ3n) is 6.48. The van der Waals surface area contributed by atoms with Crippen LogP contribution in [0.1, 0.15) is 18.4 Å². The summed E-state index contributed by atoms with van der Waals surface area (Å²) in [7, 11) is 0. The number of aromatic nitrogens is 4. The number of amides is 1. The number of piperidine rings is 3. The molecule has 3 aliphatic heterocycles. The van der Waals surface area contributed by atoms with E-state index in [0.717, 1.165) is 49.3 Å². The van der Waals surface area contributed by atoms with Gasteiger partial charge in [0.1, 0.15) is 11.4 Å². The Kier molecular flexibility index (Phi) is 5.38. The van der Waals surface area contributed by atoms with E-state index in [-0.39, 0.29) is 17.6 Å². The Bertz CT molecular complexity index is 1050. The van der Waals surface area contributed by atoms with E-state index < -0.39 is 0 Å². The van der Waals surface area contributed by atoms with E-state index >= 15 is 0 Å². The van der Waals surface area contributed by atoms with Gasteiger partial charge in [-0.15, -0.1) is 5.10 Å². The molecule has 6 rings (SSSR count). The molecule has 3 saturated heterocycles. The molecular formula is C23H26N6O2. The van der Waals surface area contributed by atoms with Crippen LogP contribution in [-0.2, 0) is 17.9 Å². The molecule has 2 aromatic heterocycles. The van der Waals surface area contributed by atoms with Crippen LogP contribution in [0, 0.1) is 11.8 Å². The lowest BCUT2D eigenvalue weighted by atomic mass is 9.75. The highest BCUT2D eigenvalue weighted by Crippen LogP contribution is 2.37. The van der Waals surface area contributed by atoms with Crippen LogP contribution >= 0.6 is 0 Å². The minimum atomic E-state index is 0.0419. The Morgan fingerprint density at radius 3 is 2.97 bits per heavy atom. The average Bonchev–Trinajstić information content (AvgIpc) is 3.27. The molecule has 2 N–H and O–H groups in total. The number of fused-ring (bicyclic) bond motifs is 3. The number of pyridine rings is 1. The van der Waals surface area contributed by atoms with Gasteiger partial charge >= 0.3 is 0 Å². The summed E-state index contributed by atoms with van der Waals surface area (Å²) >= 11 is 0. The summed E-state index contributed by atoms with van der Waals surface area (Å²) in [5, 5.41) is 21.3. The smallest absolute Gasteiger partial charge is 0.224 e. The monoisotopic (exact) mass is 418 g/mol. The van der Waals surface area contributed by atoms with Gasteiger partial charge in [0.05, 0.1) is 18.7 Å². The molecule has 160 valence electrons. The molecule has 1 unspecified atom stereocenters. The molecule has 3 aromatic rings. The maximum Gasteiger partial charge on any atom is 0.224 e. The number of phenolic OH excluding ortho intramolecular Hbond substituents is 1. The molecule has 3 fully saturated rings. The summed E-state index contributed by atoms with van der Waals surface area (Å²) < 4.78 is 1.88. The van der Waals surface area contributed by atoms with Crippen molar-refractivity contribution in [1.82, 2.24) is 30.2 Å². The van der Waals surface area contributed by atoms with Crippen molar-refractivity contribution >= 4 is 5.91 Å². The molecule has 4 atom stereocenters. The lowest BCUT2D eigenvalue weighted by molar-refractivity contribution is -0.133. The van der Waals surface area contributed by atoms with Crippen LogP contribution in [-0.4, -0.2) is 55.0 Å². The number of phenols is 1. The van der Waals surface area contributed by atoms with E-state index in [0.29, 0.717) is 18.5 Å². The Morgan fingerprint density at radius 2 is 2.19 bits per heavy atom. The van der Waals surface area contributed by atoms with E-state index in [1.54, 1.807) is 30.6 Å². The van der Waals surface area contributed by atoms with E-state index in [9.17, 15) is 9.90 Å². The molecule has 3 aliphatic rings. The highest BCUT2D eigenvalue weighted by molar-refractivity contribution is 5.79. The van der Waals surface area contributed by atoms with Gasteiger partial charge in [-0.25, -0.2) is 0 Å². The van der Waals surface area contributed by atoms with Crippen molar-refractivity contribution in [3.63, 3.8) is 0 Å². The van der Waals surface area contributed by atoms with Crippen LogP contribution in [0.5, 0.6) is 5.75 Å². The molecule has 0 spiro atoms. The topological polar surface area (TPSA) is 96.2 Å². The maximum absolute atomic E-state index is 12.8. The first-order valence-electron chi connectivity index (χ1n) is 10.8. The van der Waals surface area contributed by atoms with Gasteiger partial charge in [0.25, 0.3) is 0 Å². The minimum Gasteiger partial charge on any atom is -0.508 e. The van der Waals surface area contributed by atoms with E-state index in [4.69, 9.17) is 0 Å². The number of hydrogen-bond donors (Lipinski definition) is 2. The van der Waals surface area contributed by atoms with Gasteiger partial charge in [0, 0.05) is 37.1 Å². The van der Waals surface area contributed by atoms with Gasteiger partial charge in [0.15, 0.2) is 0 Å². The number of benzene rings is 1. The molecule has 31 heavy (non-hydrogen) atoms. The summed E-state index contributed by atoms with van der Waals surface area (Å²) in [6, 6.07) is 11.3. The summed E-state index contributed by atoms with van der Waals surface area (Å²) in [6.07, 6.45) is 7.51. The molecule has 5 heterocycles. The fourth-order valence-corrected chi connectivity index (χ4v) is 4.85. The molecule has 8 nitrogen and oxygen atoms in total. The van der Waals surface area contributed by atoms with Gasteiger partial charge in [0.2, 0.25) is 5.91 Å². The number of aromatic hydroxyl groups is 1. The van der Waals surface area contributed by atoms with E-state index in [2.05, 4.69) is 25.5 Å². The number of rotatable bonds is 6. The predicted octanol–water partition coefficient (Wildman–Crippen LogP) is 2.07. The second kappa shape index (κ2) is 8.47. The molecule has 0 radical (unpaired) electrons. The minimum absolute atomic E-state index is 0.0419. The lowest BCUT2D eigenvalue weighted by Gasteiger charge is -2.49. The van der Waals surface area contributed by atoms with E-state index in [1.165, 1.54) is 0 Å². The zero-order valence-electron chi connectivity index (χ0n) is 17.3. The largest absolute Gasteiger partial charge is 0.508 e. The normalized spacial score (nSPS) is 24.8. The van der Waals surface area contributed by atoms with Crippen molar-refractivity contribution in [2.24, 2.45) is 11.8 Å². The average molecular weight is 419 g/mol. The van der Waals surface area contributed by atoms with Crippen LogP contribution in [0.25, 0.3) is 11.3 Å². The maximum atomic E-state index is 12.8. The van der Waals surface area contributed by atoms with Crippen molar-refractivity contribution in [3.05, 3.63) is 60.6 Å². The van der Waals surface area contributed by atoms with E-state index in [1.807, 2.05) is 29.1 Å². The summed E-state index contributed by atoms with van der Waals surface area (Å²) in [5.41, 5.74) is 2.62. The fraction of sp³-hybridized carbons (Fsp3) is 0.391. The van der Waals surface area contributed by atoms with Crippen molar-refractivity contribution in [2.45, 2.75) is 32.0 Å². The van der Waals surface area contributed by atoms with Gasteiger partial charge in [-0.1, -0.05) is 23.4 Å². The molecule has 0 aliphatic carbocycles. The number of hydrogen-bond acceptors (Lipinski definition) is 6. The highest BCUT2D eigenvalue weighted by Gasteiger charge is 2.43. The highest BCUT2D eigenvalue weighted by atomic mass is 16.3. The molecular weight excluding hydrogens is 392 g/mol. The predicted molar refractivity (Wildman–Crippen MR) is 115 cm³/mol. The Labute approximate surface area is 180 Å². The first-order valence-corrected chi connectivity index (χ1v) is 10.8. The van der Waals surface area contributed by atoms with Crippen molar-refractivity contribution in [2.75, 3.05) is 13.1 Å². The van der Waals surface area contributed by atoms with Gasteiger partial charge in [-0.05, 0) is 49.1 Å². The number of nitrogens with one attached hydrogen (secondary N) is 1. The van der Waals surface area contributed by atoms with Crippen LogP contribution in [0.2, 0.25) is 0 Å². The number of carbonyl (C=O) groups is 1. The van der Waals surface area contributed by atoms with Gasteiger partial charge < -0.3 is 10.4 Å². The van der Waals surface area contributed by atoms with Crippen LogP contribution < -0.4 is 5.32 Å². The van der Waals surface area contributed by atoms with Crippen molar-refractivity contribution in [1.29, 1.82) is 0 Å². The SMILES string of the molecule is O=C(NCc1cccnc1)[C@H]1CN2CC[C@@H]1C[C@@H]2Cn1cc(-c2cccc(O)c2)nn1. The Morgan fingerprint density at radius 1 is 1.26 bits per heavy atom. The second-order valence-electron chi connectivity index (χ2n) is 8.49. The second-order valence-corrected chi connectivity index (χ2v) is 8.49. The van der Waals surface area contributed by atoms with Crippen LogP contribution in [0.3, 0.4) is 0 Å². The molecule has 1 amide bonds. The van der Waals surface area contributed by atoms with Gasteiger partial charge in [-0.2, -0.15) is 0 Å².